The lowest BCUT2D eigenvalue weighted by molar-refractivity contribution is -0.153. The number of carbonyl (C=O) groups is 4. The number of hydrogen-bond acceptors (Lipinski definition) is 8. The van der Waals surface area contributed by atoms with Gasteiger partial charge in [-0.1, -0.05) is 26.0 Å². The van der Waals surface area contributed by atoms with Crippen LogP contribution in [-0.4, -0.2) is 60.2 Å². The smallest absolute Gasteiger partial charge is 0.408 e. The summed E-state index contributed by atoms with van der Waals surface area (Å²) in [6, 6.07) is 5.05. The monoisotopic (exact) mass is 537 g/mol. The van der Waals surface area contributed by atoms with Crippen molar-refractivity contribution >= 4 is 52.5 Å². The predicted octanol–water partition coefficient (Wildman–Crippen LogP) is 2.50. The van der Waals surface area contributed by atoms with Crippen LogP contribution in [0.25, 0.3) is 0 Å². The number of methoxy groups -OCH3 is 1. The lowest BCUT2D eigenvalue weighted by Gasteiger charge is -2.25. The molecule has 0 aliphatic rings. The van der Waals surface area contributed by atoms with Gasteiger partial charge in [-0.25, -0.2) is 9.59 Å². The zero-order valence-electron chi connectivity index (χ0n) is 22.3. The van der Waals surface area contributed by atoms with Crippen molar-refractivity contribution in [1.82, 2.24) is 16.0 Å². The van der Waals surface area contributed by atoms with E-state index in [4.69, 9.17) is 22.7 Å². The van der Waals surface area contributed by atoms with Gasteiger partial charge in [0, 0.05) is 6.54 Å². The van der Waals surface area contributed by atoms with Gasteiger partial charge in [0.05, 0.1) is 24.5 Å². The van der Waals surface area contributed by atoms with Crippen molar-refractivity contribution in [2.24, 2.45) is 5.92 Å². The third-order valence-corrected chi connectivity index (χ3v) is 5.14. The molecule has 0 unspecified atom stereocenters. The molecule has 2 atom stereocenters. The van der Waals surface area contributed by atoms with Crippen LogP contribution in [0.2, 0.25) is 0 Å². The van der Waals surface area contributed by atoms with Crippen LogP contribution in [0.1, 0.15) is 53.9 Å². The van der Waals surface area contributed by atoms with E-state index >= 15 is 0 Å². The van der Waals surface area contributed by atoms with Crippen LogP contribution < -0.4 is 27.0 Å². The normalized spacial score (nSPS) is 12.6. The second kappa shape index (κ2) is 15.0. The summed E-state index contributed by atoms with van der Waals surface area (Å²) >= 11 is 5.29. The van der Waals surface area contributed by atoms with Gasteiger partial charge in [0.15, 0.2) is 5.11 Å². The second-order valence-corrected chi connectivity index (χ2v) is 10.3. The van der Waals surface area contributed by atoms with Crippen LogP contribution in [0.5, 0.6) is 0 Å². The number of carbonyl (C=O) groups excluding carboxylic acids is 4. The van der Waals surface area contributed by atoms with Gasteiger partial charge in [-0.15, -0.1) is 0 Å². The third kappa shape index (κ3) is 12.4. The standard InChI is InChI=1S/C25H39N5O6S/c1-15(2)14-19(20(31)22(33)35-6)28-21(32)18(30-24(34)36-25(3,4)5)12-9-13-27-23(37)29-17-11-8-7-10-16(17)26/h7-8,10-11,15,18-19H,9,12-14,26H2,1-6H3,(H,28,32)(H,30,34)(H2,27,29,37)/t18-,19-/m0/s1. The summed E-state index contributed by atoms with van der Waals surface area (Å²) in [6.07, 6.45) is 0.0783. The van der Waals surface area contributed by atoms with Crippen LogP contribution in [0.4, 0.5) is 16.2 Å². The fourth-order valence-electron chi connectivity index (χ4n) is 3.22. The highest BCUT2D eigenvalue weighted by atomic mass is 32.1. The number of para-hydroxylation sites is 2. The van der Waals surface area contributed by atoms with E-state index in [0.29, 0.717) is 29.5 Å². The van der Waals surface area contributed by atoms with Crippen LogP contribution in [0, 0.1) is 5.92 Å². The number of hydrogen-bond donors (Lipinski definition) is 5. The van der Waals surface area contributed by atoms with Gasteiger partial charge in [0.25, 0.3) is 5.78 Å². The fourth-order valence-corrected chi connectivity index (χ4v) is 3.43. The minimum atomic E-state index is -1.09. The van der Waals surface area contributed by atoms with Crippen molar-refractivity contribution in [3.05, 3.63) is 24.3 Å². The SMILES string of the molecule is COC(=O)C(=O)[C@H](CC(C)C)NC(=O)[C@H](CCCNC(=S)Nc1ccccc1N)NC(=O)OC(C)(C)C. The van der Waals surface area contributed by atoms with E-state index in [9.17, 15) is 19.2 Å². The summed E-state index contributed by atoms with van der Waals surface area (Å²) in [5.41, 5.74) is 6.34. The van der Waals surface area contributed by atoms with Crippen molar-refractivity contribution in [3.8, 4) is 0 Å². The van der Waals surface area contributed by atoms with Crippen molar-refractivity contribution in [3.63, 3.8) is 0 Å². The van der Waals surface area contributed by atoms with Crippen molar-refractivity contribution in [2.75, 3.05) is 24.7 Å². The zero-order chi connectivity index (χ0) is 28.2. The Morgan fingerprint density at radius 3 is 2.27 bits per heavy atom. The Hall–Kier alpha value is -3.41. The number of thiocarbonyl (C=S) groups is 1. The topological polar surface area (TPSA) is 161 Å². The average molecular weight is 538 g/mol. The number of benzene rings is 1. The Morgan fingerprint density at radius 2 is 1.70 bits per heavy atom. The largest absolute Gasteiger partial charge is 0.463 e. The Kier molecular flexibility index (Phi) is 12.8. The third-order valence-electron chi connectivity index (χ3n) is 4.90. The molecule has 0 aliphatic carbocycles. The first kappa shape index (κ1) is 31.6. The number of Topliss-reactive ketones (excluding diaryl/α,β-unsaturated/α-hetero) is 1. The number of alkyl carbamates (subject to hydrolysis) is 1. The number of amides is 2. The molecular weight excluding hydrogens is 498 g/mol. The van der Waals surface area contributed by atoms with E-state index in [2.05, 4.69) is 26.0 Å². The Balaban J connectivity index is 2.84. The predicted molar refractivity (Wildman–Crippen MR) is 146 cm³/mol. The highest BCUT2D eigenvalue weighted by molar-refractivity contribution is 7.80. The second-order valence-electron chi connectivity index (χ2n) is 9.86. The number of ether oxygens (including phenoxy) is 2. The van der Waals surface area contributed by atoms with Gasteiger partial charge >= 0.3 is 12.1 Å². The van der Waals surface area contributed by atoms with Gasteiger partial charge in [-0.2, -0.15) is 0 Å². The molecule has 1 aromatic rings. The number of nitrogens with two attached hydrogens (primary N) is 1. The van der Waals surface area contributed by atoms with Crippen molar-refractivity contribution in [1.29, 1.82) is 0 Å². The minimum Gasteiger partial charge on any atom is -0.463 e. The molecule has 12 heteroatoms. The Bertz CT molecular complexity index is 963. The first-order chi connectivity index (χ1) is 17.2. The van der Waals surface area contributed by atoms with E-state index in [-0.39, 0.29) is 18.8 Å². The first-order valence-electron chi connectivity index (χ1n) is 12.0. The Morgan fingerprint density at radius 1 is 1.05 bits per heavy atom. The Labute approximate surface area is 223 Å². The van der Waals surface area contributed by atoms with Gasteiger partial charge < -0.3 is 36.5 Å². The molecule has 0 radical (unpaired) electrons. The molecule has 6 N–H and O–H groups in total. The number of nitrogen functional groups attached to an aromatic ring is 1. The lowest BCUT2D eigenvalue weighted by atomic mass is 9.99. The first-order valence-corrected chi connectivity index (χ1v) is 12.5. The molecule has 0 spiro atoms. The summed E-state index contributed by atoms with van der Waals surface area (Å²) in [6.45, 7) is 9.19. The van der Waals surface area contributed by atoms with Crippen LogP contribution >= 0.6 is 12.2 Å². The van der Waals surface area contributed by atoms with Gasteiger partial charge in [0.2, 0.25) is 5.91 Å². The summed E-state index contributed by atoms with van der Waals surface area (Å²) < 4.78 is 9.81. The molecule has 11 nitrogen and oxygen atoms in total. The molecule has 1 aromatic carbocycles. The maximum absolute atomic E-state index is 13.1. The van der Waals surface area contributed by atoms with Crippen LogP contribution in [-0.2, 0) is 23.9 Å². The van der Waals surface area contributed by atoms with Crippen LogP contribution in [0.15, 0.2) is 24.3 Å². The molecule has 1 rings (SSSR count). The fraction of sp³-hybridized carbons (Fsp3) is 0.560. The van der Waals surface area contributed by atoms with Gasteiger partial charge in [-0.05, 0) is 70.3 Å². The van der Waals surface area contributed by atoms with E-state index < -0.39 is 41.4 Å². The zero-order valence-corrected chi connectivity index (χ0v) is 23.1. The molecule has 0 aliphatic heterocycles. The molecule has 0 saturated heterocycles. The van der Waals surface area contributed by atoms with Gasteiger partial charge in [0.1, 0.15) is 11.6 Å². The lowest BCUT2D eigenvalue weighted by Crippen LogP contribution is -2.53. The summed E-state index contributed by atoms with van der Waals surface area (Å²) in [5, 5.41) is 11.5. The highest BCUT2D eigenvalue weighted by Crippen LogP contribution is 2.16. The number of ketones is 1. The molecule has 2 amide bonds. The number of esters is 1. The van der Waals surface area contributed by atoms with Crippen molar-refractivity contribution in [2.45, 2.75) is 71.6 Å². The highest BCUT2D eigenvalue weighted by Gasteiger charge is 2.31. The number of anilines is 2. The number of rotatable bonds is 12. The summed E-state index contributed by atoms with van der Waals surface area (Å²) in [7, 11) is 1.10. The maximum atomic E-state index is 13.1. The summed E-state index contributed by atoms with van der Waals surface area (Å²) in [4.78, 5) is 49.7. The number of nitrogens with one attached hydrogen (secondary N) is 4. The maximum Gasteiger partial charge on any atom is 0.408 e. The van der Waals surface area contributed by atoms with Crippen LogP contribution in [0.3, 0.4) is 0 Å². The molecular formula is C25H39N5O6S. The van der Waals surface area contributed by atoms with E-state index in [1.54, 1.807) is 32.9 Å². The molecule has 0 fully saturated rings. The van der Waals surface area contributed by atoms with E-state index in [1.807, 2.05) is 26.0 Å². The molecule has 0 bridgehead atoms. The van der Waals surface area contributed by atoms with Gasteiger partial charge in [-0.3, -0.25) is 9.59 Å². The minimum absolute atomic E-state index is 0.00698. The molecule has 0 saturated carbocycles. The summed E-state index contributed by atoms with van der Waals surface area (Å²) in [5.74, 6) is -2.52. The quantitative estimate of drug-likeness (QED) is 0.0881. The average Bonchev–Trinajstić information content (AvgIpc) is 2.79. The molecule has 0 aromatic heterocycles. The van der Waals surface area contributed by atoms with E-state index in [1.165, 1.54) is 0 Å². The molecule has 37 heavy (non-hydrogen) atoms. The van der Waals surface area contributed by atoms with E-state index in [0.717, 1.165) is 7.11 Å². The van der Waals surface area contributed by atoms with Crippen molar-refractivity contribution < 1.29 is 28.7 Å². The molecule has 206 valence electrons. The molecule has 0 heterocycles.